The quantitative estimate of drug-likeness (QED) is 0.533. The third kappa shape index (κ3) is 5.20. The van der Waals surface area contributed by atoms with Gasteiger partial charge < -0.3 is 9.47 Å². The van der Waals surface area contributed by atoms with Gasteiger partial charge in [-0.1, -0.05) is 59.7 Å². The molecule has 3 nitrogen and oxygen atoms in total. The Bertz CT molecular complexity index is 633. The summed E-state index contributed by atoms with van der Waals surface area (Å²) in [5, 5.41) is 0. The van der Waals surface area contributed by atoms with Crippen LogP contribution in [0.3, 0.4) is 0 Å². The lowest BCUT2D eigenvalue weighted by molar-refractivity contribution is -0.139. The largest absolute Gasteiger partial charge is 0.463 e. The van der Waals surface area contributed by atoms with Gasteiger partial charge in [0.05, 0.1) is 18.3 Å². The molecular weight excluding hydrogens is 324 g/mol. The average molecular weight is 359 g/mol. The number of carbonyl (C=O) groups is 1. The number of hydrogen-bond acceptors (Lipinski definition) is 3. The number of ether oxygens (including phenoxy) is 2. The Kier molecular flexibility index (Phi) is 6.33. The molecule has 144 valence electrons. The molecule has 0 bridgehead atoms. The summed E-state index contributed by atoms with van der Waals surface area (Å²) >= 11 is 0. The molecule has 1 unspecified atom stereocenters. The maximum atomic E-state index is 12.5. The molecule has 1 aliphatic rings. The minimum Gasteiger partial charge on any atom is -0.463 e. The molecule has 1 saturated heterocycles. The van der Waals surface area contributed by atoms with E-state index in [1.807, 2.05) is 13.0 Å². The lowest BCUT2D eigenvalue weighted by atomic mass is 9.79. The van der Waals surface area contributed by atoms with Crippen molar-refractivity contribution in [3.63, 3.8) is 0 Å². The van der Waals surface area contributed by atoms with Gasteiger partial charge in [-0.15, -0.1) is 0 Å². The van der Waals surface area contributed by atoms with Crippen LogP contribution in [0.15, 0.2) is 23.8 Å². The van der Waals surface area contributed by atoms with Gasteiger partial charge >= 0.3 is 5.97 Å². The van der Waals surface area contributed by atoms with E-state index in [0.29, 0.717) is 18.8 Å². The van der Waals surface area contributed by atoms with Gasteiger partial charge in [-0.05, 0) is 53.4 Å². The Morgan fingerprint density at radius 2 is 1.69 bits per heavy atom. The fourth-order valence-corrected chi connectivity index (χ4v) is 3.10. The van der Waals surface area contributed by atoms with Crippen LogP contribution in [0.25, 0.3) is 6.08 Å². The van der Waals surface area contributed by atoms with E-state index >= 15 is 0 Å². The standard InChI is InChI=1S/C23H34O3/c1-8-25-21(24)19(20-10-9-11-26-20)14-16-12-17(22(2,3)4)15-18(13-16)23(5,6)7/h12-15,20H,8-11H2,1-7H3/b19-14+. The van der Waals surface area contributed by atoms with Crippen molar-refractivity contribution in [3.8, 4) is 0 Å². The molecular formula is C23H34O3. The molecule has 1 aromatic carbocycles. The van der Waals surface area contributed by atoms with E-state index in [4.69, 9.17) is 9.47 Å². The lowest BCUT2D eigenvalue weighted by Gasteiger charge is -2.26. The number of carbonyl (C=O) groups excluding carboxylic acids is 1. The first-order valence-corrected chi connectivity index (χ1v) is 9.68. The van der Waals surface area contributed by atoms with Crippen molar-refractivity contribution in [1.29, 1.82) is 0 Å². The predicted octanol–water partition coefficient (Wildman–Crippen LogP) is 5.41. The maximum Gasteiger partial charge on any atom is 0.336 e. The van der Waals surface area contributed by atoms with Crippen LogP contribution in [0.1, 0.15) is 78.0 Å². The highest BCUT2D eigenvalue weighted by molar-refractivity contribution is 5.95. The van der Waals surface area contributed by atoms with Crippen molar-refractivity contribution in [2.45, 2.75) is 78.2 Å². The van der Waals surface area contributed by atoms with Gasteiger partial charge in [-0.3, -0.25) is 0 Å². The second-order valence-corrected chi connectivity index (χ2v) is 9.17. The first-order chi connectivity index (χ1) is 12.0. The molecule has 2 rings (SSSR count). The van der Waals surface area contributed by atoms with Crippen molar-refractivity contribution in [2.75, 3.05) is 13.2 Å². The van der Waals surface area contributed by atoms with Crippen molar-refractivity contribution in [3.05, 3.63) is 40.5 Å². The Hall–Kier alpha value is -1.61. The minimum absolute atomic E-state index is 0.0395. The van der Waals surface area contributed by atoms with Gasteiger partial charge in [0.1, 0.15) is 0 Å². The van der Waals surface area contributed by atoms with Crippen molar-refractivity contribution in [2.24, 2.45) is 0 Å². The van der Waals surface area contributed by atoms with Gasteiger partial charge in [0.15, 0.2) is 0 Å². The van der Waals surface area contributed by atoms with E-state index in [2.05, 4.69) is 59.7 Å². The number of hydrogen-bond donors (Lipinski definition) is 0. The molecule has 0 spiro atoms. The zero-order chi connectivity index (χ0) is 19.5. The minimum atomic E-state index is -0.266. The molecule has 1 fully saturated rings. The first-order valence-electron chi connectivity index (χ1n) is 9.68. The van der Waals surface area contributed by atoms with Crippen LogP contribution in [0.2, 0.25) is 0 Å². The molecule has 1 aliphatic heterocycles. The van der Waals surface area contributed by atoms with Gasteiger partial charge in [-0.25, -0.2) is 4.79 Å². The monoisotopic (exact) mass is 358 g/mol. The van der Waals surface area contributed by atoms with E-state index in [1.165, 1.54) is 11.1 Å². The highest BCUT2D eigenvalue weighted by Crippen LogP contribution is 2.32. The zero-order valence-corrected chi connectivity index (χ0v) is 17.4. The number of esters is 1. The van der Waals surface area contributed by atoms with Crippen molar-refractivity contribution in [1.82, 2.24) is 0 Å². The fourth-order valence-electron chi connectivity index (χ4n) is 3.10. The summed E-state index contributed by atoms with van der Waals surface area (Å²) in [5.74, 6) is -0.266. The Morgan fingerprint density at radius 3 is 2.12 bits per heavy atom. The lowest BCUT2D eigenvalue weighted by Crippen LogP contribution is -2.20. The summed E-state index contributed by atoms with van der Waals surface area (Å²) in [6.45, 7) is 16.2. The van der Waals surface area contributed by atoms with E-state index in [9.17, 15) is 4.79 Å². The Morgan fingerprint density at radius 1 is 1.12 bits per heavy atom. The van der Waals surface area contributed by atoms with Crippen LogP contribution in [-0.4, -0.2) is 25.3 Å². The average Bonchev–Trinajstić information content (AvgIpc) is 3.05. The summed E-state index contributed by atoms with van der Waals surface area (Å²) in [4.78, 5) is 12.5. The van der Waals surface area contributed by atoms with Crippen LogP contribution in [0, 0.1) is 0 Å². The summed E-state index contributed by atoms with van der Waals surface area (Å²) in [7, 11) is 0. The maximum absolute atomic E-state index is 12.5. The number of rotatable bonds is 4. The molecule has 1 heterocycles. The fraction of sp³-hybridized carbons (Fsp3) is 0.609. The van der Waals surface area contributed by atoms with Gasteiger partial charge in [-0.2, -0.15) is 0 Å². The summed E-state index contributed by atoms with van der Waals surface area (Å²) in [6, 6.07) is 6.65. The molecule has 0 aromatic heterocycles. The van der Waals surface area contributed by atoms with Crippen LogP contribution in [-0.2, 0) is 25.1 Å². The third-order valence-electron chi connectivity index (χ3n) is 4.80. The smallest absolute Gasteiger partial charge is 0.336 e. The Balaban J connectivity index is 2.55. The SMILES string of the molecule is CCOC(=O)/C(=C/c1cc(C(C)(C)C)cc(C(C)(C)C)c1)C1CCCO1. The molecule has 0 radical (unpaired) electrons. The molecule has 0 saturated carbocycles. The van der Waals surface area contributed by atoms with E-state index in [-0.39, 0.29) is 22.9 Å². The highest BCUT2D eigenvalue weighted by atomic mass is 16.5. The van der Waals surface area contributed by atoms with Crippen molar-refractivity contribution < 1.29 is 14.3 Å². The van der Waals surface area contributed by atoms with Crippen molar-refractivity contribution >= 4 is 12.0 Å². The van der Waals surface area contributed by atoms with Crippen LogP contribution in [0.5, 0.6) is 0 Å². The van der Waals surface area contributed by atoms with Gasteiger partial charge in [0.2, 0.25) is 0 Å². The topological polar surface area (TPSA) is 35.5 Å². The highest BCUT2D eigenvalue weighted by Gasteiger charge is 2.27. The Labute approximate surface area is 158 Å². The second kappa shape index (κ2) is 7.96. The molecule has 26 heavy (non-hydrogen) atoms. The number of benzene rings is 1. The summed E-state index contributed by atoms with van der Waals surface area (Å²) in [5.41, 5.74) is 4.30. The van der Waals surface area contributed by atoms with Gasteiger partial charge in [0.25, 0.3) is 0 Å². The van der Waals surface area contributed by atoms with E-state index in [1.54, 1.807) is 0 Å². The molecule has 0 aliphatic carbocycles. The molecule has 1 aromatic rings. The molecule has 0 amide bonds. The predicted molar refractivity (Wildman–Crippen MR) is 107 cm³/mol. The molecule has 1 atom stereocenters. The molecule has 0 N–H and O–H groups in total. The van der Waals surface area contributed by atoms with E-state index < -0.39 is 0 Å². The first kappa shape index (κ1) is 20.7. The van der Waals surface area contributed by atoms with Gasteiger partial charge in [0, 0.05) is 6.61 Å². The third-order valence-corrected chi connectivity index (χ3v) is 4.80. The van der Waals surface area contributed by atoms with E-state index in [0.717, 1.165) is 18.4 Å². The normalized spacial score (nSPS) is 18.9. The van der Waals surface area contributed by atoms with Crippen LogP contribution < -0.4 is 0 Å². The summed E-state index contributed by atoms with van der Waals surface area (Å²) < 4.78 is 11.1. The van der Waals surface area contributed by atoms with Crippen LogP contribution in [0.4, 0.5) is 0 Å². The zero-order valence-electron chi connectivity index (χ0n) is 17.4. The summed E-state index contributed by atoms with van der Waals surface area (Å²) in [6.07, 6.45) is 3.66. The molecule has 3 heteroatoms. The van der Waals surface area contributed by atoms with Crippen LogP contribution >= 0.6 is 0 Å². The second-order valence-electron chi connectivity index (χ2n) is 9.17.